The van der Waals surface area contributed by atoms with Gasteiger partial charge in [0.25, 0.3) is 5.91 Å². The van der Waals surface area contributed by atoms with Gasteiger partial charge in [0.15, 0.2) is 5.78 Å². The topological polar surface area (TPSA) is 81.4 Å². The van der Waals surface area contributed by atoms with E-state index in [0.717, 1.165) is 6.42 Å². The lowest BCUT2D eigenvalue weighted by atomic mass is 10.1. The smallest absolute Gasteiger partial charge is 0.253 e. The van der Waals surface area contributed by atoms with Gasteiger partial charge in [0.1, 0.15) is 6.10 Å². The first-order valence-corrected chi connectivity index (χ1v) is 6.37. The molecule has 0 bridgehead atoms. The highest BCUT2D eigenvalue weighted by atomic mass is 16.5. The number of hydrogen-bond acceptors (Lipinski definition) is 4. The predicted octanol–water partition coefficient (Wildman–Crippen LogP) is 1.33. The molecule has 1 heterocycles. The quantitative estimate of drug-likeness (QED) is 0.802. The zero-order valence-corrected chi connectivity index (χ0v) is 10.9. The van der Waals surface area contributed by atoms with Crippen LogP contribution < -0.4 is 11.1 Å². The Morgan fingerprint density at radius 2 is 2.21 bits per heavy atom. The van der Waals surface area contributed by atoms with Crippen LogP contribution in [-0.2, 0) is 9.53 Å². The molecule has 0 spiro atoms. The van der Waals surface area contributed by atoms with Crippen LogP contribution in [0.25, 0.3) is 0 Å². The standard InChI is InChI=1S/C14H18N2O3/c1-9(17)10-3-2-4-11(7-10)16-14(18)13-6-5-12(8-15)19-13/h2-4,7,12-13H,5-6,8,15H2,1H3,(H,16,18). The molecule has 0 radical (unpaired) electrons. The largest absolute Gasteiger partial charge is 0.364 e. The molecule has 1 aromatic carbocycles. The molecule has 0 saturated carbocycles. The average molecular weight is 262 g/mol. The molecule has 2 atom stereocenters. The van der Waals surface area contributed by atoms with Gasteiger partial charge in [-0.1, -0.05) is 12.1 Å². The van der Waals surface area contributed by atoms with Crippen molar-refractivity contribution < 1.29 is 14.3 Å². The molecule has 102 valence electrons. The highest BCUT2D eigenvalue weighted by molar-refractivity contribution is 5.98. The molecule has 1 aliphatic heterocycles. The maximum atomic E-state index is 12.0. The molecule has 0 aromatic heterocycles. The highest BCUT2D eigenvalue weighted by Gasteiger charge is 2.29. The molecule has 1 fully saturated rings. The SMILES string of the molecule is CC(=O)c1cccc(NC(=O)C2CCC(CN)O2)c1. The molecular formula is C14H18N2O3. The number of rotatable bonds is 4. The normalized spacial score (nSPS) is 22.2. The number of ketones is 1. The molecule has 3 N–H and O–H groups in total. The first-order valence-electron chi connectivity index (χ1n) is 6.37. The third-order valence-electron chi connectivity index (χ3n) is 3.20. The lowest BCUT2D eigenvalue weighted by Crippen LogP contribution is -2.29. The van der Waals surface area contributed by atoms with E-state index in [0.29, 0.717) is 24.2 Å². The monoisotopic (exact) mass is 262 g/mol. The van der Waals surface area contributed by atoms with Crippen LogP contribution in [0.4, 0.5) is 5.69 Å². The zero-order chi connectivity index (χ0) is 13.8. The van der Waals surface area contributed by atoms with Crippen LogP contribution in [0.1, 0.15) is 30.1 Å². The van der Waals surface area contributed by atoms with Crippen LogP contribution >= 0.6 is 0 Å². The number of benzene rings is 1. The lowest BCUT2D eigenvalue weighted by molar-refractivity contribution is -0.126. The summed E-state index contributed by atoms with van der Waals surface area (Å²) in [5, 5.41) is 2.77. The van der Waals surface area contributed by atoms with Crippen LogP contribution in [0.5, 0.6) is 0 Å². The highest BCUT2D eigenvalue weighted by Crippen LogP contribution is 2.20. The van der Waals surface area contributed by atoms with E-state index in [1.54, 1.807) is 24.3 Å². The molecule has 0 aliphatic carbocycles. The third-order valence-corrected chi connectivity index (χ3v) is 3.20. The zero-order valence-electron chi connectivity index (χ0n) is 10.9. The fourth-order valence-electron chi connectivity index (χ4n) is 2.11. The first kappa shape index (κ1) is 13.7. The second kappa shape index (κ2) is 5.95. The van der Waals surface area contributed by atoms with Gasteiger partial charge in [-0.05, 0) is 31.9 Å². The summed E-state index contributed by atoms with van der Waals surface area (Å²) in [7, 11) is 0. The van der Waals surface area contributed by atoms with Gasteiger partial charge in [0.2, 0.25) is 0 Å². The van der Waals surface area contributed by atoms with E-state index in [1.165, 1.54) is 6.92 Å². The van der Waals surface area contributed by atoms with E-state index >= 15 is 0 Å². The first-order chi connectivity index (χ1) is 9.10. The number of nitrogens with two attached hydrogens (primary N) is 1. The number of anilines is 1. The number of hydrogen-bond donors (Lipinski definition) is 2. The summed E-state index contributed by atoms with van der Waals surface area (Å²) in [6, 6.07) is 6.87. The van der Waals surface area contributed by atoms with Crippen LogP contribution in [0.15, 0.2) is 24.3 Å². The van der Waals surface area contributed by atoms with E-state index in [9.17, 15) is 9.59 Å². The minimum absolute atomic E-state index is 0.0284. The van der Waals surface area contributed by atoms with Crippen molar-refractivity contribution in [1.29, 1.82) is 0 Å². The Balaban J connectivity index is 1.99. The minimum Gasteiger partial charge on any atom is -0.364 e. The van der Waals surface area contributed by atoms with Crippen molar-refractivity contribution in [2.24, 2.45) is 5.73 Å². The Morgan fingerprint density at radius 3 is 2.84 bits per heavy atom. The maximum Gasteiger partial charge on any atom is 0.253 e. The fourth-order valence-corrected chi connectivity index (χ4v) is 2.11. The molecule has 5 nitrogen and oxygen atoms in total. The Kier molecular flexibility index (Phi) is 4.29. The molecule has 2 rings (SSSR count). The van der Waals surface area contributed by atoms with Gasteiger partial charge >= 0.3 is 0 Å². The number of carbonyl (C=O) groups is 2. The number of ether oxygens (including phenoxy) is 1. The summed E-state index contributed by atoms with van der Waals surface area (Å²) >= 11 is 0. The van der Waals surface area contributed by atoms with E-state index in [-0.39, 0.29) is 17.8 Å². The van der Waals surface area contributed by atoms with Gasteiger partial charge in [0, 0.05) is 17.8 Å². The molecule has 19 heavy (non-hydrogen) atoms. The number of nitrogens with one attached hydrogen (secondary N) is 1. The van der Waals surface area contributed by atoms with E-state index in [1.807, 2.05) is 0 Å². The van der Waals surface area contributed by atoms with Crippen molar-refractivity contribution in [3.8, 4) is 0 Å². The Morgan fingerprint density at radius 1 is 1.42 bits per heavy atom. The van der Waals surface area contributed by atoms with Crippen molar-refractivity contribution in [1.82, 2.24) is 0 Å². The Labute approximate surface area is 112 Å². The third kappa shape index (κ3) is 3.39. The van der Waals surface area contributed by atoms with Crippen molar-refractivity contribution in [3.05, 3.63) is 29.8 Å². The maximum absolute atomic E-state index is 12.0. The fraction of sp³-hybridized carbons (Fsp3) is 0.429. The van der Waals surface area contributed by atoms with Crippen LogP contribution in [0.3, 0.4) is 0 Å². The Hall–Kier alpha value is -1.72. The summed E-state index contributed by atoms with van der Waals surface area (Å²) in [6.45, 7) is 1.93. The number of amides is 1. The van der Waals surface area contributed by atoms with Crippen LogP contribution in [0, 0.1) is 0 Å². The number of carbonyl (C=O) groups excluding carboxylic acids is 2. The van der Waals surface area contributed by atoms with Gasteiger partial charge < -0.3 is 15.8 Å². The summed E-state index contributed by atoms with van der Waals surface area (Å²) in [4.78, 5) is 23.3. The Bertz CT molecular complexity index is 487. The van der Waals surface area contributed by atoms with Gasteiger partial charge in [-0.25, -0.2) is 0 Å². The van der Waals surface area contributed by atoms with Gasteiger partial charge in [-0.2, -0.15) is 0 Å². The predicted molar refractivity (Wildman–Crippen MR) is 72.0 cm³/mol. The van der Waals surface area contributed by atoms with Crippen molar-refractivity contribution in [3.63, 3.8) is 0 Å². The summed E-state index contributed by atoms with van der Waals surface area (Å²) in [6.07, 6.45) is 1.01. The summed E-state index contributed by atoms with van der Waals surface area (Å²) in [5.74, 6) is -0.215. The van der Waals surface area contributed by atoms with Crippen LogP contribution in [0.2, 0.25) is 0 Å². The number of Topliss-reactive ketones (excluding diaryl/α,β-unsaturated/α-hetero) is 1. The molecule has 1 saturated heterocycles. The van der Waals surface area contributed by atoms with Gasteiger partial charge in [-0.15, -0.1) is 0 Å². The molecule has 1 aromatic rings. The molecule has 1 amide bonds. The lowest BCUT2D eigenvalue weighted by Gasteiger charge is -2.13. The second-order valence-electron chi connectivity index (χ2n) is 4.69. The van der Waals surface area contributed by atoms with Crippen molar-refractivity contribution in [2.45, 2.75) is 32.0 Å². The van der Waals surface area contributed by atoms with Crippen molar-refractivity contribution in [2.75, 3.05) is 11.9 Å². The summed E-state index contributed by atoms with van der Waals surface area (Å²) in [5.41, 5.74) is 6.69. The minimum atomic E-state index is -0.450. The van der Waals surface area contributed by atoms with Crippen molar-refractivity contribution >= 4 is 17.4 Å². The van der Waals surface area contributed by atoms with Gasteiger partial charge in [-0.3, -0.25) is 9.59 Å². The van der Waals surface area contributed by atoms with E-state index in [4.69, 9.17) is 10.5 Å². The molecule has 1 aliphatic rings. The second-order valence-corrected chi connectivity index (χ2v) is 4.69. The van der Waals surface area contributed by atoms with Gasteiger partial charge in [0.05, 0.1) is 6.10 Å². The molecule has 5 heteroatoms. The van der Waals surface area contributed by atoms with Crippen LogP contribution in [-0.4, -0.2) is 30.4 Å². The average Bonchev–Trinajstić information content (AvgIpc) is 2.88. The summed E-state index contributed by atoms with van der Waals surface area (Å²) < 4.78 is 5.52. The molecule has 2 unspecified atom stereocenters. The molecular weight excluding hydrogens is 244 g/mol. The van der Waals surface area contributed by atoms with E-state index < -0.39 is 6.10 Å². The van der Waals surface area contributed by atoms with E-state index in [2.05, 4.69) is 5.32 Å².